The van der Waals surface area contributed by atoms with Gasteiger partial charge in [0.25, 0.3) is 0 Å². The van der Waals surface area contributed by atoms with Crippen LogP contribution in [0.5, 0.6) is 0 Å². The summed E-state index contributed by atoms with van der Waals surface area (Å²) in [5, 5.41) is 0.615. The predicted molar refractivity (Wildman–Crippen MR) is 38.9 cm³/mol. The molecule has 0 aliphatic rings. The van der Waals surface area contributed by atoms with Crippen molar-refractivity contribution in [2.75, 3.05) is 0 Å². The van der Waals surface area contributed by atoms with Crippen molar-refractivity contribution >= 4 is 22.6 Å². The van der Waals surface area contributed by atoms with Crippen LogP contribution in [0.2, 0.25) is 5.15 Å². The van der Waals surface area contributed by atoms with Crippen molar-refractivity contribution in [2.45, 2.75) is 0 Å². The van der Waals surface area contributed by atoms with E-state index in [2.05, 4.69) is 15.0 Å². The molecule has 2 heterocycles. The van der Waals surface area contributed by atoms with Gasteiger partial charge in [-0.2, -0.15) is 0 Å². The van der Waals surface area contributed by atoms with Gasteiger partial charge in [-0.3, -0.25) is 0 Å². The summed E-state index contributed by atoms with van der Waals surface area (Å²) in [7, 11) is 0. The summed E-state index contributed by atoms with van der Waals surface area (Å²) in [5.74, 6) is 0. The van der Waals surface area contributed by atoms with Crippen LogP contribution < -0.4 is 0 Å². The van der Waals surface area contributed by atoms with E-state index in [1.54, 1.807) is 0 Å². The summed E-state index contributed by atoms with van der Waals surface area (Å²) in [5.41, 5.74) is 0.435. The largest absolute Gasteiger partial charge is 0.346 e. The molecule has 10 heavy (non-hydrogen) atoms. The van der Waals surface area contributed by atoms with Crippen LogP contribution in [0.25, 0.3) is 11.0 Å². The van der Waals surface area contributed by atoms with Crippen LogP contribution in [0.1, 0.15) is 2.74 Å². The van der Waals surface area contributed by atoms with Crippen LogP contribution in [-0.4, -0.2) is 15.0 Å². The molecule has 2 aromatic rings. The van der Waals surface area contributed by atoms with Gasteiger partial charge in [0, 0.05) is 6.17 Å². The van der Waals surface area contributed by atoms with E-state index in [-0.39, 0.29) is 17.4 Å². The Morgan fingerprint density at radius 3 is 3.30 bits per heavy atom. The lowest BCUT2D eigenvalue weighted by Gasteiger charge is -1.88. The van der Waals surface area contributed by atoms with Gasteiger partial charge in [-0.1, -0.05) is 11.6 Å². The van der Waals surface area contributed by atoms with Gasteiger partial charge in [0.2, 0.25) is 0 Å². The van der Waals surface area contributed by atoms with Crippen LogP contribution in [-0.2, 0) is 0 Å². The first-order valence-corrected chi connectivity index (χ1v) is 3.03. The average molecular weight is 156 g/mol. The smallest absolute Gasteiger partial charge is 0.142 e. The van der Waals surface area contributed by atoms with E-state index in [4.69, 9.17) is 14.3 Å². The van der Waals surface area contributed by atoms with Crippen LogP contribution in [0.3, 0.4) is 0 Å². The maximum Gasteiger partial charge on any atom is 0.142 e. The van der Waals surface area contributed by atoms with Crippen molar-refractivity contribution in [3.05, 3.63) is 23.7 Å². The Kier molecular flexibility index (Phi) is 0.767. The van der Waals surface area contributed by atoms with Crippen molar-refractivity contribution in [1.29, 1.82) is 0 Å². The van der Waals surface area contributed by atoms with Gasteiger partial charge in [0.05, 0.1) is 8.13 Å². The number of aromatic nitrogens is 3. The van der Waals surface area contributed by atoms with Crippen molar-refractivity contribution in [3.8, 4) is 0 Å². The number of rotatable bonds is 0. The summed E-state index contributed by atoms with van der Waals surface area (Å²) in [6.45, 7) is 0. The molecule has 0 saturated carbocycles. The molecule has 0 atom stereocenters. The molecular weight excluding hydrogens is 150 g/mol. The fourth-order valence-corrected chi connectivity index (χ4v) is 0.903. The molecule has 1 N–H and O–H groups in total. The maximum absolute atomic E-state index is 7.43. The van der Waals surface area contributed by atoms with Crippen LogP contribution in [0.4, 0.5) is 0 Å². The van der Waals surface area contributed by atoms with E-state index in [1.807, 2.05) is 0 Å². The molecule has 0 fully saturated rings. The zero-order valence-electron chi connectivity index (χ0n) is 6.85. The second-order valence-corrected chi connectivity index (χ2v) is 2.12. The van der Waals surface area contributed by atoms with Gasteiger partial charge in [-0.05, 0) is 6.04 Å². The Hall–Kier alpha value is -1.09. The standard InChI is InChI=1S/C6H4ClN3/c7-5-4-1-2-8-6(4)10-3-9-5/h1-3H,(H,8,9,10)/i1D,2D. The summed E-state index contributed by atoms with van der Waals surface area (Å²) in [4.78, 5) is 10.2. The number of hydrogen-bond donors (Lipinski definition) is 1. The predicted octanol–water partition coefficient (Wildman–Crippen LogP) is 1.61. The van der Waals surface area contributed by atoms with Crippen LogP contribution >= 0.6 is 11.6 Å². The molecule has 0 unspecified atom stereocenters. The van der Waals surface area contributed by atoms with Gasteiger partial charge in [0.15, 0.2) is 0 Å². The lowest BCUT2D eigenvalue weighted by Crippen LogP contribution is -1.79. The van der Waals surface area contributed by atoms with Gasteiger partial charge in [-0.15, -0.1) is 0 Å². The molecule has 4 heteroatoms. The third kappa shape index (κ3) is 0.675. The van der Waals surface area contributed by atoms with E-state index < -0.39 is 0 Å². The first-order chi connectivity index (χ1) is 5.70. The fraction of sp³-hybridized carbons (Fsp3) is 0. The summed E-state index contributed by atoms with van der Waals surface area (Å²) < 4.78 is 14.7. The zero-order chi connectivity index (χ0) is 8.72. The second kappa shape index (κ2) is 1.95. The Morgan fingerprint density at radius 2 is 2.50 bits per heavy atom. The Balaban J connectivity index is 2.97. The van der Waals surface area contributed by atoms with Crippen molar-refractivity contribution < 1.29 is 2.74 Å². The van der Waals surface area contributed by atoms with Crippen LogP contribution in [0.15, 0.2) is 18.5 Å². The average Bonchev–Trinajstić information content (AvgIpc) is 2.29. The van der Waals surface area contributed by atoms with Gasteiger partial charge >= 0.3 is 0 Å². The number of aromatic amines is 1. The highest BCUT2D eigenvalue weighted by Gasteiger charge is 1.98. The zero-order valence-corrected chi connectivity index (χ0v) is 5.61. The topological polar surface area (TPSA) is 41.6 Å². The number of nitrogens with zero attached hydrogens (tertiary/aromatic N) is 2. The highest BCUT2D eigenvalue weighted by molar-refractivity contribution is 6.33. The molecule has 0 radical (unpaired) electrons. The minimum Gasteiger partial charge on any atom is -0.346 e. The van der Waals surface area contributed by atoms with Gasteiger partial charge in [-0.25, -0.2) is 9.97 Å². The molecule has 2 rings (SSSR count). The Bertz CT molecular complexity index is 440. The SMILES string of the molecule is [2H]c1[nH]c2ncnc(Cl)c2c1[2H]. The number of hydrogen-bond acceptors (Lipinski definition) is 2. The molecule has 0 amide bonds. The minimum absolute atomic E-state index is 0.00685. The summed E-state index contributed by atoms with van der Waals surface area (Å²) in [6, 6.07) is 0.0376. The lowest BCUT2D eigenvalue weighted by molar-refractivity contribution is 1.20. The summed E-state index contributed by atoms with van der Waals surface area (Å²) >= 11 is 5.70. The first-order valence-electron chi connectivity index (χ1n) is 3.65. The van der Waals surface area contributed by atoms with E-state index in [9.17, 15) is 0 Å². The number of fused-ring (bicyclic) bond motifs is 1. The quantitative estimate of drug-likeness (QED) is 0.588. The molecule has 0 bridgehead atoms. The van der Waals surface area contributed by atoms with E-state index in [0.717, 1.165) is 0 Å². The van der Waals surface area contributed by atoms with Crippen molar-refractivity contribution in [3.63, 3.8) is 0 Å². The second-order valence-electron chi connectivity index (χ2n) is 1.76. The molecule has 0 aromatic carbocycles. The molecule has 3 nitrogen and oxygen atoms in total. The third-order valence-corrected chi connectivity index (χ3v) is 1.46. The van der Waals surface area contributed by atoms with E-state index in [0.29, 0.717) is 11.0 Å². The van der Waals surface area contributed by atoms with Gasteiger partial charge in [0.1, 0.15) is 17.1 Å². The number of H-pyrrole nitrogens is 1. The summed E-state index contributed by atoms with van der Waals surface area (Å²) in [6.07, 6.45) is 1.30. The molecule has 0 aliphatic carbocycles. The fourth-order valence-electron chi connectivity index (χ4n) is 0.723. The van der Waals surface area contributed by atoms with Crippen LogP contribution in [0, 0.1) is 0 Å². The molecule has 2 aromatic heterocycles. The number of nitrogens with one attached hydrogen (secondary N) is 1. The van der Waals surface area contributed by atoms with Crippen molar-refractivity contribution in [1.82, 2.24) is 15.0 Å². The first kappa shape index (κ1) is 3.93. The maximum atomic E-state index is 7.43. The number of halogens is 1. The van der Waals surface area contributed by atoms with Crippen molar-refractivity contribution in [2.24, 2.45) is 0 Å². The van der Waals surface area contributed by atoms with Gasteiger partial charge < -0.3 is 4.98 Å². The lowest BCUT2D eigenvalue weighted by atomic mass is 10.4. The highest BCUT2D eigenvalue weighted by atomic mass is 35.5. The monoisotopic (exact) mass is 155 g/mol. The Labute approximate surface area is 64.9 Å². The third-order valence-electron chi connectivity index (χ3n) is 1.17. The molecule has 50 valence electrons. The molecular formula is C6H4ClN3. The Morgan fingerprint density at radius 1 is 1.60 bits per heavy atom. The normalized spacial score (nSPS) is 13.3. The molecule has 0 saturated heterocycles. The molecule has 0 spiro atoms. The minimum atomic E-state index is 0.00685. The van der Waals surface area contributed by atoms with E-state index in [1.165, 1.54) is 6.33 Å². The van der Waals surface area contributed by atoms with E-state index >= 15 is 0 Å². The highest BCUT2D eigenvalue weighted by Crippen LogP contribution is 2.16. The molecule has 0 aliphatic heterocycles.